The van der Waals surface area contributed by atoms with Crippen molar-refractivity contribution in [2.24, 2.45) is 0 Å². The van der Waals surface area contributed by atoms with Crippen LogP contribution >= 0.6 is 0 Å². The van der Waals surface area contributed by atoms with Gasteiger partial charge in [0.2, 0.25) is 0 Å². The minimum Gasteiger partial charge on any atom is -0.478 e. The van der Waals surface area contributed by atoms with Crippen LogP contribution in [0.1, 0.15) is 58.8 Å². The van der Waals surface area contributed by atoms with Gasteiger partial charge in [-0.15, -0.1) is 0 Å². The summed E-state index contributed by atoms with van der Waals surface area (Å²) < 4.78 is 39.3. The van der Waals surface area contributed by atoms with Crippen LogP contribution in [0.3, 0.4) is 0 Å². The quantitative estimate of drug-likeness (QED) is 0.444. The number of alkyl halides is 3. The van der Waals surface area contributed by atoms with Gasteiger partial charge in [-0.1, -0.05) is 49.4 Å². The van der Waals surface area contributed by atoms with Crippen molar-refractivity contribution in [1.29, 1.82) is 0 Å². The third-order valence-corrected chi connectivity index (χ3v) is 5.31. The summed E-state index contributed by atoms with van der Waals surface area (Å²) in [5, 5.41) is 18.6. The van der Waals surface area contributed by atoms with E-state index < -0.39 is 24.4 Å². The van der Waals surface area contributed by atoms with E-state index in [4.69, 9.17) is 0 Å². The van der Waals surface area contributed by atoms with E-state index in [9.17, 15) is 28.2 Å². The molecule has 0 spiro atoms. The molecule has 3 N–H and O–H groups in total. The number of aromatic nitrogens is 2. The van der Waals surface area contributed by atoms with Crippen LogP contribution in [0.25, 0.3) is 11.1 Å². The molecule has 0 amide bonds. The number of rotatable bonds is 8. The van der Waals surface area contributed by atoms with E-state index >= 15 is 0 Å². The van der Waals surface area contributed by atoms with Crippen LogP contribution in [0.2, 0.25) is 0 Å². The number of halogens is 3. The number of hydrogen-bond acceptors (Lipinski definition) is 3. The number of hydrogen-bond donors (Lipinski definition) is 3. The van der Waals surface area contributed by atoms with Gasteiger partial charge in [0.05, 0.1) is 17.9 Å². The van der Waals surface area contributed by atoms with Gasteiger partial charge >= 0.3 is 12.1 Å². The van der Waals surface area contributed by atoms with E-state index in [1.165, 1.54) is 0 Å². The van der Waals surface area contributed by atoms with Crippen molar-refractivity contribution >= 4 is 5.97 Å². The Labute approximate surface area is 177 Å². The highest BCUT2D eigenvalue weighted by molar-refractivity contribution is 5.95. The molecule has 1 unspecified atom stereocenters. The van der Waals surface area contributed by atoms with Crippen molar-refractivity contribution in [3.05, 3.63) is 76.9 Å². The maximum absolute atomic E-state index is 13.1. The minimum absolute atomic E-state index is 0.214. The molecular weight excluding hydrogens is 409 g/mol. The number of aryl methyl sites for hydroxylation is 1. The molecule has 1 heterocycles. The number of benzene rings is 2. The molecule has 0 bridgehead atoms. The molecule has 0 aliphatic rings. The van der Waals surface area contributed by atoms with Crippen molar-refractivity contribution in [3.63, 3.8) is 0 Å². The van der Waals surface area contributed by atoms with Gasteiger partial charge in [-0.25, -0.2) is 9.78 Å². The first-order valence-electron chi connectivity index (χ1n) is 9.93. The fourth-order valence-corrected chi connectivity index (χ4v) is 3.62. The van der Waals surface area contributed by atoms with Crippen LogP contribution in [0.4, 0.5) is 13.2 Å². The normalized spacial score (nSPS) is 12.7. The van der Waals surface area contributed by atoms with Crippen LogP contribution in [0, 0.1) is 0 Å². The Balaban J connectivity index is 1.74. The van der Waals surface area contributed by atoms with Crippen molar-refractivity contribution in [3.8, 4) is 11.1 Å². The third kappa shape index (κ3) is 5.14. The van der Waals surface area contributed by atoms with E-state index in [1.807, 2.05) is 31.2 Å². The lowest BCUT2D eigenvalue weighted by atomic mass is 9.94. The number of aromatic amines is 1. The zero-order chi connectivity index (χ0) is 22.6. The van der Waals surface area contributed by atoms with Crippen molar-refractivity contribution in [2.75, 3.05) is 0 Å². The lowest BCUT2D eigenvalue weighted by Crippen LogP contribution is -2.09. The molecule has 164 valence electrons. The summed E-state index contributed by atoms with van der Waals surface area (Å²) in [6.07, 6.45) is -2.82. The summed E-state index contributed by atoms with van der Waals surface area (Å²) in [5.74, 6) is -0.982. The molecule has 8 heteroatoms. The van der Waals surface area contributed by atoms with Gasteiger partial charge in [-0.3, -0.25) is 0 Å². The molecule has 0 saturated carbocycles. The molecule has 0 saturated heterocycles. The maximum atomic E-state index is 13.1. The van der Waals surface area contributed by atoms with Crippen LogP contribution in [-0.2, 0) is 19.2 Å². The lowest BCUT2D eigenvalue weighted by Gasteiger charge is -2.13. The summed E-state index contributed by atoms with van der Waals surface area (Å²) in [7, 11) is 0. The predicted molar refractivity (Wildman–Crippen MR) is 110 cm³/mol. The number of nitrogens with zero attached hydrogens (tertiary/aromatic N) is 1. The Morgan fingerprint density at radius 1 is 1.13 bits per heavy atom. The summed E-state index contributed by atoms with van der Waals surface area (Å²) >= 11 is 0. The highest BCUT2D eigenvalue weighted by Gasteiger charge is 2.37. The fraction of sp³-hybridized carbons (Fsp3) is 0.304. The van der Waals surface area contributed by atoms with Crippen molar-refractivity contribution < 1.29 is 28.2 Å². The zero-order valence-corrected chi connectivity index (χ0v) is 16.9. The van der Waals surface area contributed by atoms with Gasteiger partial charge < -0.3 is 15.2 Å². The number of carboxylic acid groups (broad SMARTS) is 1. The predicted octanol–water partition coefficient (Wildman–Crippen LogP) is 5.41. The van der Waals surface area contributed by atoms with Crippen LogP contribution in [-0.4, -0.2) is 26.2 Å². The van der Waals surface area contributed by atoms with Gasteiger partial charge in [-0.2, -0.15) is 13.2 Å². The SMILES string of the molecule is CCC(CCc1ccc(-c2ccccc2C(=O)O)cc1)c1nc(C(F)(F)F)c(CO)[nH]1. The molecule has 3 rings (SSSR count). The standard InChI is InChI=1S/C23H23F3N2O3/c1-2-15(21-27-19(13-29)20(28-21)23(24,25)26)10-7-14-8-11-16(12-9-14)17-5-3-4-6-18(17)22(30)31/h3-6,8-9,11-12,15,29H,2,7,10,13H2,1H3,(H,27,28)(H,30,31). The first-order valence-corrected chi connectivity index (χ1v) is 9.93. The number of carbonyl (C=O) groups is 1. The second kappa shape index (κ2) is 9.34. The summed E-state index contributed by atoms with van der Waals surface area (Å²) in [6, 6.07) is 14.2. The first-order chi connectivity index (χ1) is 14.7. The molecule has 0 radical (unpaired) electrons. The van der Waals surface area contributed by atoms with E-state index in [0.717, 1.165) is 11.1 Å². The molecular formula is C23H23F3N2O3. The molecule has 1 atom stereocenters. The molecule has 0 aliphatic heterocycles. The molecule has 3 aromatic rings. The largest absolute Gasteiger partial charge is 0.478 e. The van der Waals surface area contributed by atoms with Gasteiger partial charge in [0.25, 0.3) is 0 Å². The number of aliphatic hydroxyl groups is 1. The summed E-state index contributed by atoms with van der Waals surface area (Å²) in [4.78, 5) is 17.8. The zero-order valence-electron chi connectivity index (χ0n) is 16.9. The molecule has 5 nitrogen and oxygen atoms in total. The number of carboxylic acids is 1. The van der Waals surface area contributed by atoms with E-state index in [2.05, 4.69) is 9.97 Å². The second-order valence-electron chi connectivity index (χ2n) is 7.30. The fourth-order valence-electron chi connectivity index (χ4n) is 3.62. The van der Waals surface area contributed by atoms with Gasteiger partial charge in [0, 0.05) is 5.92 Å². The lowest BCUT2D eigenvalue weighted by molar-refractivity contribution is -0.142. The van der Waals surface area contributed by atoms with E-state index in [1.54, 1.807) is 24.3 Å². The Hall–Kier alpha value is -3.13. The van der Waals surface area contributed by atoms with E-state index in [-0.39, 0.29) is 23.0 Å². The topological polar surface area (TPSA) is 86.2 Å². The molecule has 31 heavy (non-hydrogen) atoms. The van der Waals surface area contributed by atoms with Crippen molar-refractivity contribution in [1.82, 2.24) is 9.97 Å². The van der Waals surface area contributed by atoms with Crippen molar-refractivity contribution in [2.45, 2.75) is 44.9 Å². The minimum atomic E-state index is -4.62. The van der Waals surface area contributed by atoms with Crippen LogP contribution in [0.15, 0.2) is 48.5 Å². The Bertz CT molecular complexity index is 1040. The first kappa shape index (κ1) is 22.6. The molecule has 1 aromatic heterocycles. The second-order valence-corrected chi connectivity index (χ2v) is 7.30. The number of aromatic carboxylic acids is 1. The van der Waals surface area contributed by atoms with Gasteiger partial charge in [0.15, 0.2) is 5.69 Å². The number of aliphatic hydroxyl groups excluding tert-OH is 1. The molecule has 0 aliphatic carbocycles. The summed E-state index contributed by atoms with van der Waals surface area (Å²) in [5.41, 5.74) is 1.23. The number of nitrogens with one attached hydrogen (secondary N) is 1. The highest BCUT2D eigenvalue weighted by atomic mass is 19.4. The monoisotopic (exact) mass is 432 g/mol. The Morgan fingerprint density at radius 2 is 1.81 bits per heavy atom. The molecule has 0 fully saturated rings. The third-order valence-electron chi connectivity index (χ3n) is 5.31. The Kier molecular flexibility index (Phi) is 6.80. The average molecular weight is 432 g/mol. The van der Waals surface area contributed by atoms with Gasteiger partial charge in [0.1, 0.15) is 5.82 Å². The smallest absolute Gasteiger partial charge is 0.435 e. The number of imidazole rings is 1. The maximum Gasteiger partial charge on any atom is 0.435 e. The summed E-state index contributed by atoms with van der Waals surface area (Å²) in [6.45, 7) is 1.13. The number of H-pyrrole nitrogens is 1. The molecule has 2 aromatic carbocycles. The average Bonchev–Trinajstić information content (AvgIpc) is 3.19. The van der Waals surface area contributed by atoms with Crippen LogP contribution in [0.5, 0.6) is 0 Å². The van der Waals surface area contributed by atoms with Crippen LogP contribution < -0.4 is 0 Å². The van der Waals surface area contributed by atoms with Gasteiger partial charge in [-0.05, 0) is 42.0 Å². The van der Waals surface area contributed by atoms with E-state index in [0.29, 0.717) is 24.8 Å². The highest BCUT2D eigenvalue weighted by Crippen LogP contribution is 2.33. The Morgan fingerprint density at radius 3 is 2.35 bits per heavy atom.